The van der Waals surface area contributed by atoms with Crippen LogP contribution in [0.15, 0.2) is 53.4 Å². The zero-order valence-corrected chi connectivity index (χ0v) is 19.1. The highest BCUT2D eigenvalue weighted by atomic mass is 32.2. The van der Waals surface area contributed by atoms with Crippen LogP contribution in [0.1, 0.15) is 50.2 Å². The third-order valence-electron chi connectivity index (χ3n) is 5.80. The van der Waals surface area contributed by atoms with Crippen molar-refractivity contribution in [1.82, 2.24) is 10.2 Å². The Kier molecular flexibility index (Phi) is 8.52. The normalized spacial score (nSPS) is 15.3. The summed E-state index contributed by atoms with van der Waals surface area (Å²) in [5.41, 5.74) is 1.57. The number of thioether (sulfide) groups is 1. The number of halogens is 1. The molecule has 1 N–H and O–H groups in total. The molecular formula is C25H31FN2O2S. The van der Waals surface area contributed by atoms with Crippen molar-refractivity contribution < 1.29 is 14.0 Å². The maximum Gasteiger partial charge on any atom is 0.242 e. The molecular weight excluding hydrogens is 411 g/mol. The number of carbonyl (C=O) groups excluding carboxylic acids is 2. The van der Waals surface area contributed by atoms with E-state index in [-0.39, 0.29) is 36.0 Å². The Morgan fingerprint density at radius 1 is 1.10 bits per heavy atom. The van der Waals surface area contributed by atoms with E-state index >= 15 is 0 Å². The van der Waals surface area contributed by atoms with Crippen molar-refractivity contribution >= 4 is 23.6 Å². The van der Waals surface area contributed by atoms with Gasteiger partial charge in [0.15, 0.2) is 0 Å². The van der Waals surface area contributed by atoms with Gasteiger partial charge in [-0.15, -0.1) is 11.8 Å². The molecule has 1 aliphatic rings. The van der Waals surface area contributed by atoms with E-state index in [1.807, 2.05) is 31.2 Å². The minimum Gasteiger partial charge on any atom is -0.352 e. The highest BCUT2D eigenvalue weighted by Gasteiger charge is 2.28. The summed E-state index contributed by atoms with van der Waals surface area (Å²) in [7, 11) is 0. The Morgan fingerprint density at radius 2 is 1.77 bits per heavy atom. The summed E-state index contributed by atoms with van der Waals surface area (Å²) in [6, 6.07) is 13.9. The molecule has 1 atom stereocenters. The van der Waals surface area contributed by atoms with Gasteiger partial charge in [0.05, 0.1) is 5.75 Å². The standard InChI is InChI=1S/C25H31FN2O2S/c1-18-12-14-22(15-13-18)31-17-24(29)28(16-20-8-6-7-11-23(20)26)19(2)25(30)27-21-9-4-3-5-10-21/h6-8,11-15,19,21H,3-5,9-10,16-17H2,1-2H3,(H,27,30)/t19-/m1/s1. The molecule has 31 heavy (non-hydrogen) atoms. The first kappa shape index (κ1) is 23.3. The average Bonchev–Trinajstić information content (AvgIpc) is 2.78. The van der Waals surface area contributed by atoms with Gasteiger partial charge in [-0.25, -0.2) is 4.39 Å². The van der Waals surface area contributed by atoms with Crippen molar-refractivity contribution in [3.8, 4) is 0 Å². The lowest BCUT2D eigenvalue weighted by Gasteiger charge is -2.31. The number of hydrogen-bond donors (Lipinski definition) is 1. The van der Waals surface area contributed by atoms with Gasteiger partial charge >= 0.3 is 0 Å². The molecule has 2 aromatic carbocycles. The molecule has 3 rings (SSSR count). The molecule has 0 heterocycles. The maximum absolute atomic E-state index is 14.3. The smallest absolute Gasteiger partial charge is 0.242 e. The van der Waals surface area contributed by atoms with Gasteiger partial charge in [0.2, 0.25) is 11.8 Å². The molecule has 0 unspecified atom stereocenters. The maximum atomic E-state index is 14.3. The fourth-order valence-corrected chi connectivity index (χ4v) is 4.61. The van der Waals surface area contributed by atoms with E-state index in [4.69, 9.17) is 0 Å². The molecule has 0 bridgehead atoms. The summed E-state index contributed by atoms with van der Waals surface area (Å²) in [4.78, 5) is 28.6. The van der Waals surface area contributed by atoms with Gasteiger partial charge in [0, 0.05) is 23.0 Å². The molecule has 4 nitrogen and oxygen atoms in total. The van der Waals surface area contributed by atoms with Gasteiger partial charge in [0.1, 0.15) is 11.9 Å². The largest absolute Gasteiger partial charge is 0.352 e. The first-order valence-corrected chi connectivity index (χ1v) is 12.0. The van der Waals surface area contributed by atoms with Crippen molar-refractivity contribution in [2.45, 2.75) is 69.5 Å². The lowest BCUT2D eigenvalue weighted by Crippen LogP contribution is -2.50. The van der Waals surface area contributed by atoms with E-state index in [2.05, 4.69) is 5.32 Å². The van der Waals surface area contributed by atoms with Crippen LogP contribution in [0.4, 0.5) is 4.39 Å². The second-order valence-electron chi connectivity index (χ2n) is 8.23. The third-order valence-corrected chi connectivity index (χ3v) is 6.80. The first-order chi connectivity index (χ1) is 14.9. The molecule has 0 saturated heterocycles. The van der Waals surface area contributed by atoms with Crippen molar-refractivity contribution in [2.24, 2.45) is 0 Å². The van der Waals surface area contributed by atoms with Gasteiger partial charge in [-0.05, 0) is 44.9 Å². The van der Waals surface area contributed by atoms with Crippen LogP contribution in [0.25, 0.3) is 0 Å². The molecule has 1 fully saturated rings. The molecule has 2 amide bonds. The minimum atomic E-state index is -0.673. The molecule has 2 aromatic rings. The van der Waals surface area contributed by atoms with Crippen LogP contribution < -0.4 is 5.32 Å². The zero-order chi connectivity index (χ0) is 22.2. The van der Waals surface area contributed by atoms with Gasteiger partial charge < -0.3 is 10.2 Å². The molecule has 0 aromatic heterocycles. The average molecular weight is 443 g/mol. The Hall–Kier alpha value is -2.34. The molecule has 0 aliphatic heterocycles. The van der Waals surface area contributed by atoms with Crippen molar-refractivity contribution in [2.75, 3.05) is 5.75 Å². The fourth-order valence-electron chi connectivity index (χ4n) is 3.82. The van der Waals surface area contributed by atoms with Crippen molar-refractivity contribution in [3.05, 3.63) is 65.5 Å². The number of amides is 2. The second-order valence-corrected chi connectivity index (χ2v) is 9.28. The predicted octanol–water partition coefficient (Wildman–Crippen LogP) is 5.09. The van der Waals surface area contributed by atoms with Gasteiger partial charge in [-0.1, -0.05) is 55.2 Å². The van der Waals surface area contributed by atoms with Crippen LogP contribution in [0.2, 0.25) is 0 Å². The molecule has 1 saturated carbocycles. The van der Waals surface area contributed by atoms with E-state index in [0.717, 1.165) is 36.1 Å². The number of aryl methyl sites for hydroxylation is 1. The van der Waals surface area contributed by atoms with E-state index in [0.29, 0.717) is 5.56 Å². The van der Waals surface area contributed by atoms with Gasteiger partial charge in [0.25, 0.3) is 0 Å². The lowest BCUT2D eigenvalue weighted by atomic mass is 9.95. The summed E-state index contributed by atoms with van der Waals surface area (Å²) in [5, 5.41) is 3.10. The molecule has 1 aliphatic carbocycles. The first-order valence-electron chi connectivity index (χ1n) is 11.0. The van der Waals surface area contributed by atoms with Crippen LogP contribution >= 0.6 is 11.8 Å². The highest BCUT2D eigenvalue weighted by Crippen LogP contribution is 2.22. The Balaban J connectivity index is 1.71. The Bertz CT molecular complexity index is 881. The Labute approximate surface area is 188 Å². The number of benzene rings is 2. The topological polar surface area (TPSA) is 49.4 Å². The summed E-state index contributed by atoms with van der Waals surface area (Å²) < 4.78 is 14.3. The zero-order valence-electron chi connectivity index (χ0n) is 18.3. The number of carbonyl (C=O) groups is 2. The molecule has 6 heteroatoms. The number of nitrogens with zero attached hydrogens (tertiary/aromatic N) is 1. The second kappa shape index (κ2) is 11.3. The molecule has 0 spiro atoms. The van der Waals surface area contributed by atoms with E-state index in [1.165, 1.54) is 29.1 Å². The van der Waals surface area contributed by atoms with Crippen LogP contribution in [0.5, 0.6) is 0 Å². The van der Waals surface area contributed by atoms with Crippen LogP contribution in [0, 0.1) is 12.7 Å². The highest BCUT2D eigenvalue weighted by molar-refractivity contribution is 8.00. The van der Waals surface area contributed by atoms with Crippen LogP contribution in [-0.4, -0.2) is 34.6 Å². The third kappa shape index (κ3) is 6.82. The van der Waals surface area contributed by atoms with Crippen LogP contribution in [0.3, 0.4) is 0 Å². The number of nitrogens with one attached hydrogen (secondary N) is 1. The molecule has 0 radical (unpaired) electrons. The SMILES string of the molecule is Cc1ccc(SCC(=O)N(Cc2ccccc2F)[C@H](C)C(=O)NC2CCCCC2)cc1. The number of rotatable bonds is 8. The predicted molar refractivity (Wildman–Crippen MR) is 123 cm³/mol. The minimum absolute atomic E-state index is 0.0687. The molecule has 166 valence electrons. The van der Waals surface area contributed by atoms with Gasteiger partial charge in [-0.3, -0.25) is 9.59 Å². The monoisotopic (exact) mass is 442 g/mol. The number of hydrogen-bond acceptors (Lipinski definition) is 3. The fraction of sp³-hybridized carbons (Fsp3) is 0.440. The quantitative estimate of drug-likeness (QED) is 0.579. The van der Waals surface area contributed by atoms with Crippen molar-refractivity contribution in [1.29, 1.82) is 0 Å². The van der Waals surface area contributed by atoms with Crippen molar-refractivity contribution in [3.63, 3.8) is 0 Å². The summed E-state index contributed by atoms with van der Waals surface area (Å²) in [6.07, 6.45) is 5.39. The summed E-state index contributed by atoms with van der Waals surface area (Å²) >= 11 is 1.43. The van der Waals surface area contributed by atoms with Crippen LogP contribution in [-0.2, 0) is 16.1 Å². The Morgan fingerprint density at radius 3 is 2.45 bits per heavy atom. The summed E-state index contributed by atoms with van der Waals surface area (Å²) in [6.45, 7) is 3.81. The summed E-state index contributed by atoms with van der Waals surface area (Å²) in [5.74, 6) is -0.526. The van der Waals surface area contributed by atoms with E-state index in [1.54, 1.807) is 25.1 Å². The van der Waals surface area contributed by atoms with Gasteiger partial charge in [-0.2, -0.15) is 0 Å². The lowest BCUT2D eigenvalue weighted by molar-refractivity contribution is -0.139. The van der Waals surface area contributed by atoms with E-state index < -0.39 is 6.04 Å². The van der Waals surface area contributed by atoms with E-state index in [9.17, 15) is 14.0 Å².